The summed E-state index contributed by atoms with van der Waals surface area (Å²) >= 11 is 0. The minimum Gasteiger partial charge on any atom is -1.00 e. The molecule has 0 saturated carbocycles. The summed E-state index contributed by atoms with van der Waals surface area (Å²) < 4.78 is 1.34. The third-order valence-corrected chi connectivity index (χ3v) is 4.50. The first-order valence-electron chi connectivity index (χ1n) is 6.07. The average Bonchev–Trinajstić information content (AvgIpc) is 2.73. The third kappa shape index (κ3) is 2.14. The van der Waals surface area contributed by atoms with E-state index in [4.69, 9.17) is 0 Å². The summed E-state index contributed by atoms with van der Waals surface area (Å²) in [4.78, 5) is 0. The Balaban J connectivity index is 0.000000963. The molecule has 2 aliphatic heterocycles. The Labute approximate surface area is 115 Å². The van der Waals surface area contributed by atoms with Crippen molar-refractivity contribution in [2.45, 2.75) is 19.3 Å². The first-order chi connectivity index (χ1) is 7.20. The van der Waals surface area contributed by atoms with Crippen LogP contribution in [0.3, 0.4) is 0 Å². The molecule has 2 bridgehead atoms. The smallest absolute Gasteiger partial charge is 0.0849 e. The van der Waals surface area contributed by atoms with Crippen molar-refractivity contribution in [2.24, 2.45) is 5.41 Å². The van der Waals surface area contributed by atoms with Gasteiger partial charge in [-0.1, -0.05) is 30.3 Å². The highest BCUT2D eigenvalue weighted by Crippen LogP contribution is 2.46. The average molecular weight is 329 g/mol. The summed E-state index contributed by atoms with van der Waals surface area (Å²) in [5, 5.41) is 0. The summed E-state index contributed by atoms with van der Waals surface area (Å²) in [6.07, 6.45) is 4.19. The molecule has 2 heteroatoms. The summed E-state index contributed by atoms with van der Waals surface area (Å²) in [7, 11) is 2.43. The fraction of sp³-hybridized carbons (Fsp3) is 0.571. The molecular formula is C14H20IN. The summed E-state index contributed by atoms with van der Waals surface area (Å²) in [6, 6.07) is 11.0. The van der Waals surface area contributed by atoms with Crippen LogP contribution in [0.1, 0.15) is 18.4 Å². The van der Waals surface area contributed by atoms with Gasteiger partial charge in [-0.15, -0.1) is 0 Å². The normalized spacial score (nSPS) is 36.1. The maximum Gasteiger partial charge on any atom is 0.0849 e. The molecule has 2 aliphatic rings. The Hall–Kier alpha value is -0.0900. The van der Waals surface area contributed by atoms with Crippen molar-refractivity contribution in [1.29, 1.82) is 0 Å². The summed E-state index contributed by atoms with van der Waals surface area (Å²) in [6.45, 7) is 4.24. The van der Waals surface area contributed by atoms with Crippen LogP contribution in [0.5, 0.6) is 0 Å². The minimum atomic E-state index is 0. The zero-order chi connectivity index (χ0) is 10.4. The quantitative estimate of drug-likeness (QED) is 0.506. The van der Waals surface area contributed by atoms with Crippen molar-refractivity contribution in [1.82, 2.24) is 0 Å². The number of nitrogens with zero attached hydrogens (tertiary/aromatic N) is 1. The van der Waals surface area contributed by atoms with Crippen LogP contribution < -0.4 is 24.0 Å². The van der Waals surface area contributed by atoms with Crippen LogP contribution in [0.25, 0.3) is 0 Å². The standard InChI is InChI=1S/C14H20N.HI/c1-15-9-7-14(12-15,8-10-15)11-13-5-3-2-4-6-13;/h2-6H,7-12H2,1H3;1H/q+1;/p-1. The number of quaternary nitrogens is 1. The lowest BCUT2D eigenvalue weighted by Crippen LogP contribution is -3.00. The number of benzene rings is 1. The van der Waals surface area contributed by atoms with Gasteiger partial charge in [-0.2, -0.15) is 0 Å². The number of hydrogen-bond donors (Lipinski definition) is 0. The lowest BCUT2D eigenvalue weighted by atomic mass is 9.79. The highest BCUT2D eigenvalue weighted by atomic mass is 127. The second-order valence-corrected chi connectivity index (χ2v) is 5.89. The number of fused-ring (bicyclic) bond motifs is 2. The molecule has 0 unspecified atom stereocenters. The summed E-state index contributed by atoms with van der Waals surface area (Å²) in [5.74, 6) is 0. The molecule has 16 heavy (non-hydrogen) atoms. The molecule has 0 radical (unpaired) electrons. The lowest BCUT2D eigenvalue weighted by molar-refractivity contribution is -0.890. The van der Waals surface area contributed by atoms with Crippen molar-refractivity contribution in [3.05, 3.63) is 35.9 Å². The van der Waals surface area contributed by atoms with Gasteiger partial charge in [0.15, 0.2) is 0 Å². The van der Waals surface area contributed by atoms with Crippen molar-refractivity contribution >= 4 is 0 Å². The molecule has 0 aromatic heterocycles. The van der Waals surface area contributed by atoms with Gasteiger partial charge >= 0.3 is 0 Å². The largest absolute Gasteiger partial charge is 1.00 e. The minimum absolute atomic E-state index is 0. The van der Waals surface area contributed by atoms with E-state index >= 15 is 0 Å². The number of rotatable bonds is 2. The molecule has 0 atom stereocenters. The molecule has 2 fully saturated rings. The first-order valence-corrected chi connectivity index (χ1v) is 6.07. The Kier molecular flexibility index (Phi) is 3.32. The Bertz CT molecular complexity index is 352. The van der Waals surface area contributed by atoms with E-state index in [0.717, 1.165) is 0 Å². The molecule has 1 aromatic rings. The topological polar surface area (TPSA) is 0 Å². The maximum atomic E-state index is 2.43. The Morgan fingerprint density at radius 3 is 2.25 bits per heavy atom. The van der Waals surface area contributed by atoms with E-state index in [0.29, 0.717) is 5.41 Å². The number of halogens is 1. The van der Waals surface area contributed by atoms with E-state index in [1.165, 1.54) is 48.9 Å². The summed E-state index contributed by atoms with van der Waals surface area (Å²) in [5.41, 5.74) is 2.18. The first kappa shape index (κ1) is 12.4. The van der Waals surface area contributed by atoms with Crippen LogP contribution >= 0.6 is 0 Å². The molecule has 1 nitrogen and oxygen atoms in total. The molecule has 0 aliphatic carbocycles. The fourth-order valence-electron chi connectivity index (χ4n) is 3.64. The molecule has 3 rings (SSSR count). The van der Waals surface area contributed by atoms with Gasteiger partial charge in [0.05, 0.1) is 26.7 Å². The predicted octanol–water partition coefficient (Wildman–Crippen LogP) is -0.526. The lowest BCUT2D eigenvalue weighted by Gasteiger charge is -2.25. The van der Waals surface area contributed by atoms with Crippen LogP contribution in [0.2, 0.25) is 0 Å². The molecule has 0 spiro atoms. The third-order valence-electron chi connectivity index (χ3n) is 4.50. The zero-order valence-electron chi connectivity index (χ0n) is 9.95. The van der Waals surface area contributed by atoms with Crippen LogP contribution in [0.4, 0.5) is 0 Å². The Morgan fingerprint density at radius 1 is 1.12 bits per heavy atom. The van der Waals surface area contributed by atoms with E-state index in [2.05, 4.69) is 37.4 Å². The van der Waals surface area contributed by atoms with Crippen LogP contribution in [-0.4, -0.2) is 31.2 Å². The van der Waals surface area contributed by atoms with Gasteiger partial charge in [-0.3, -0.25) is 0 Å². The van der Waals surface area contributed by atoms with Gasteiger partial charge in [0.2, 0.25) is 0 Å². The molecule has 2 heterocycles. The van der Waals surface area contributed by atoms with E-state index in [1.807, 2.05) is 0 Å². The Morgan fingerprint density at radius 2 is 1.75 bits per heavy atom. The molecule has 1 aromatic carbocycles. The SMILES string of the molecule is C[N+]12CCC(Cc3ccccc3)(CC1)C2.[I-]. The molecule has 2 saturated heterocycles. The van der Waals surface area contributed by atoms with Crippen molar-refractivity contribution < 1.29 is 28.5 Å². The number of hydrogen-bond acceptors (Lipinski definition) is 0. The van der Waals surface area contributed by atoms with Crippen LogP contribution in [-0.2, 0) is 6.42 Å². The van der Waals surface area contributed by atoms with E-state index < -0.39 is 0 Å². The molecule has 0 amide bonds. The van der Waals surface area contributed by atoms with Gasteiger partial charge in [0, 0.05) is 18.3 Å². The van der Waals surface area contributed by atoms with E-state index in [9.17, 15) is 0 Å². The van der Waals surface area contributed by atoms with Gasteiger partial charge in [0.25, 0.3) is 0 Å². The second kappa shape index (κ2) is 4.30. The molecule has 88 valence electrons. The van der Waals surface area contributed by atoms with Crippen molar-refractivity contribution in [3.8, 4) is 0 Å². The van der Waals surface area contributed by atoms with Gasteiger partial charge in [-0.05, 0) is 12.0 Å². The fourth-order valence-corrected chi connectivity index (χ4v) is 3.64. The van der Waals surface area contributed by atoms with Crippen molar-refractivity contribution in [3.63, 3.8) is 0 Å². The van der Waals surface area contributed by atoms with Gasteiger partial charge < -0.3 is 28.5 Å². The van der Waals surface area contributed by atoms with Gasteiger partial charge in [0.1, 0.15) is 0 Å². The van der Waals surface area contributed by atoms with E-state index in [1.54, 1.807) is 0 Å². The second-order valence-electron chi connectivity index (χ2n) is 5.89. The molecular weight excluding hydrogens is 309 g/mol. The maximum absolute atomic E-state index is 2.43. The highest BCUT2D eigenvalue weighted by molar-refractivity contribution is 5.17. The van der Waals surface area contributed by atoms with Crippen molar-refractivity contribution in [2.75, 3.05) is 26.7 Å². The van der Waals surface area contributed by atoms with Crippen LogP contribution in [0, 0.1) is 5.41 Å². The van der Waals surface area contributed by atoms with Gasteiger partial charge in [-0.25, -0.2) is 0 Å². The zero-order valence-corrected chi connectivity index (χ0v) is 12.1. The van der Waals surface area contributed by atoms with E-state index in [-0.39, 0.29) is 24.0 Å². The highest BCUT2D eigenvalue weighted by Gasteiger charge is 2.52. The number of piperidine rings is 1. The monoisotopic (exact) mass is 329 g/mol. The predicted molar refractivity (Wildman–Crippen MR) is 62.6 cm³/mol. The molecule has 0 N–H and O–H groups in total. The van der Waals surface area contributed by atoms with Crippen LogP contribution in [0.15, 0.2) is 30.3 Å².